The molecule has 2 heteroatoms. The molecule has 1 N–H and O–H groups in total. The van der Waals surface area contributed by atoms with Gasteiger partial charge in [0.2, 0.25) is 5.78 Å². The van der Waals surface area contributed by atoms with Crippen LogP contribution < -0.4 is 0 Å². The van der Waals surface area contributed by atoms with Gasteiger partial charge >= 0.3 is 0 Å². The van der Waals surface area contributed by atoms with Crippen molar-refractivity contribution in [2.45, 2.75) is 61.3 Å². The molecule has 36 heavy (non-hydrogen) atoms. The van der Waals surface area contributed by atoms with Gasteiger partial charge in [0.15, 0.2) is 0 Å². The van der Waals surface area contributed by atoms with Crippen LogP contribution in [0, 0.1) is 25.7 Å². The molecule has 5 aliphatic rings. The summed E-state index contributed by atoms with van der Waals surface area (Å²) in [6, 6.07) is 8.62. The van der Waals surface area contributed by atoms with Gasteiger partial charge in [-0.05, 0) is 99.9 Å². The van der Waals surface area contributed by atoms with Crippen molar-refractivity contribution in [3.05, 3.63) is 110 Å². The van der Waals surface area contributed by atoms with E-state index in [4.69, 9.17) is 0 Å². The van der Waals surface area contributed by atoms with E-state index in [-0.39, 0.29) is 17.5 Å². The van der Waals surface area contributed by atoms with E-state index in [2.05, 4.69) is 104 Å². The Morgan fingerprint density at radius 1 is 0.833 bits per heavy atom. The van der Waals surface area contributed by atoms with Gasteiger partial charge in [-0.15, -0.1) is 0 Å². The fourth-order valence-corrected chi connectivity index (χ4v) is 5.84. The number of carbonyl (C=O) groups is 1. The molecule has 0 aliphatic heterocycles. The van der Waals surface area contributed by atoms with Crippen LogP contribution >= 0.6 is 0 Å². The molecule has 0 spiro atoms. The molecule has 2 nitrogen and oxygen atoms in total. The summed E-state index contributed by atoms with van der Waals surface area (Å²) in [5.74, 6) is 1.06. The number of ketones is 1. The highest BCUT2D eigenvalue weighted by Crippen LogP contribution is 2.50. The summed E-state index contributed by atoms with van der Waals surface area (Å²) in [5, 5.41) is 11.4. The SMILES string of the molecule is CC1=C/C(=C2/C(=O)C(c3cc(C)c4cc(C(C)C)ccc(C)c3-4)=C2O)C2=C1C=C(C(C)C)C=CC2C. The third-order valence-electron chi connectivity index (χ3n) is 8.06. The second-order valence-electron chi connectivity index (χ2n) is 11.3. The summed E-state index contributed by atoms with van der Waals surface area (Å²) in [6.07, 6.45) is 8.77. The van der Waals surface area contributed by atoms with Crippen LogP contribution in [0.3, 0.4) is 0 Å². The number of rotatable bonds is 3. The van der Waals surface area contributed by atoms with E-state index in [0.717, 1.165) is 44.5 Å². The van der Waals surface area contributed by atoms with E-state index in [1.807, 2.05) is 0 Å². The van der Waals surface area contributed by atoms with Gasteiger partial charge in [0, 0.05) is 5.92 Å². The molecule has 0 aromatic rings. The third kappa shape index (κ3) is 3.58. The minimum Gasteiger partial charge on any atom is -0.506 e. The number of allylic oxidation sites excluding steroid dienone is 11. The Labute approximate surface area is 215 Å². The van der Waals surface area contributed by atoms with Crippen LogP contribution in [0.1, 0.15) is 69.7 Å². The van der Waals surface area contributed by atoms with Crippen LogP contribution in [-0.4, -0.2) is 10.9 Å². The average Bonchev–Trinajstić information content (AvgIpc) is 3.11. The van der Waals surface area contributed by atoms with Gasteiger partial charge in [-0.3, -0.25) is 4.79 Å². The van der Waals surface area contributed by atoms with Crippen molar-refractivity contribution in [3.8, 4) is 11.1 Å². The maximum absolute atomic E-state index is 13.8. The second kappa shape index (κ2) is 8.62. The van der Waals surface area contributed by atoms with Gasteiger partial charge in [-0.2, -0.15) is 0 Å². The maximum atomic E-state index is 13.8. The van der Waals surface area contributed by atoms with Crippen molar-refractivity contribution in [2.75, 3.05) is 0 Å². The first-order chi connectivity index (χ1) is 17.0. The molecule has 5 aliphatic carbocycles. The molecule has 0 heterocycles. The number of fused-ring (bicyclic) bond motifs is 1. The number of aliphatic hydroxyl groups is 1. The Bertz CT molecular complexity index is 1480. The predicted molar refractivity (Wildman–Crippen MR) is 150 cm³/mol. The first kappa shape index (κ1) is 24.3. The van der Waals surface area contributed by atoms with E-state index >= 15 is 0 Å². The van der Waals surface area contributed by atoms with Crippen LogP contribution in [0.4, 0.5) is 0 Å². The van der Waals surface area contributed by atoms with Crippen molar-refractivity contribution in [3.63, 3.8) is 0 Å². The first-order valence-electron chi connectivity index (χ1n) is 13.1. The molecule has 0 fully saturated rings. The molecule has 1 unspecified atom stereocenters. The zero-order chi connectivity index (χ0) is 26.0. The zero-order valence-corrected chi connectivity index (χ0v) is 22.7. The monoisotopic (exact) mass is 476 g/mol. The Kier molecular flexibility index (Phi) is 5.82. The van der Waals surface area contributed by atoms with Crippen LogP contribution in [0.25, 0.3) is 16.7 Å². The molecule has 0 amide bonds. The molecule has 0 radical (unpaired) electrons. The summed E-state index contributed by atoms with van der Waals surface area (Å²) in [4.78, 5) is 13.8. The Hall–Kier alpha value is -3.39. The lowest BCUT2D eigenvalue weighted by Gasteiger charge is -2.25. The highest BCUT2D eigenvalue weighted by Gasteiger charge is 2.41. The van der Waals surface area contributed by atoms with Crippen LogP contribution in [0.5, 0.6) is 0 Å². The molecule has 0 aromatic carbocycles. The van der Waals surface area contributed by atoms with Crippen molar-refractivity contribution >= 4 is 11.4 Å². The molecule has 0 saturated carbocycles. The topological polar surface area (TPSA) is 37.3 Å². The largest absolute Gasteiger partial charge is 0.506 e. The molecule has 5 rings (SSSR count). The predicted octanol–water partition coefficient (Wildman–Crippen LogP) is 8.72. The van der Waals surface area contributed by atoms with E-state index in [0.29, 0.717) is 23.0 Å². The van der Waals surface area contributed by atoms with E-state index in [1.54, 1.807) is 0 Å². The fourth-order valence-electron chi connectivity index (χ4n) is 5.84. The van der Waals surface area contributed by atoms with E-state index in [9.17, 15) is 9.90 Å². The summed E-state index contributed by atoms with van der Waals surface area (Å²) < 4.78 is 0. The highest BCUT2D eigenvalue weighted by molar-refractivity contribution is 6.40. The molecule has 184 valence electrons. The molecule has 0 bridgehead atoms. The zero-order valence-electron chi connectivity index (χ0n) is 22.7. The van der Waals surface area contributed by atoms with Gasteiger partial charge in [-0.25, -0.2) is 0 Å². The smallest absolute Gasteiger partial charge is 0.201 e. The van der Waals surface area contributed by atoms with Crippen LogP contribution in [0.2, 0.25) is 0 Å². The van der Waals surface area contributed by atoms with Crippen molar-refractivity contribution in [1.29, 1.82) is 0 Å². The lowest BCUT2D eigenvalue weighted by Crippen LogP contribution is -2.23. The van der Waals surface area contributed by atoms with Crippen LogP contribution in [0.15, 0.2) is 87.8 Å². The summed E-state index contributed by atoms with van der Waals surface area (Å²) in [7, 11) is 0. The van der Waals surface area contributed by atoms with Crippen molar-refractivity contribution < 1.29 is 9.90 Å². The second-order valence-corrected chi connectivity index (χ2v) is 11.3. The molecule has 0 aromatic heterocycles. The van der Waals surface area contributed by atoms with Gasteiger partial charge in [-0.1, -0.05) is 77.1 Å². The van der Waals surface area contributed by atoms with Crippen LogP contribution in [-0.2, 0) is 4.79 Å². The molecule has 1 atom stereocenters. The number of hydrogen-bond acceptors (Lipinski definition) is 2. The normalized spacial score (nSPS) is 21.9. The average molecular weight is 477 g/mol. The summed E-state index contributed by atoms with van der Waals surface area (Å²) >= 11 is 0. The van der Waals surface area contributed by atoms with Gasteiger partial charge < -0.3 is 5.11 Å². The lowest BCUT2D eigenvalue weighted by molar-refractivity contribution is -0.111. The number of carbonyl (C=O) groups excluding carboxylic acids is 1. The van der Waals surface area contributed by atoms with Crippen molar-refractivity contribution in [2.24, 2.45) is 11.8 Å². The number of aliphatic hydroxyl groups excluding tert-OH is 1. The summed E-state index contributed by atoms with van der Waals surface area (Å²) in [5.41, 5.74) is 13.1. The maximum Gasteiger partial charge on any atom is 0.201 e. The Balaban J connectivity index is 1.68. The minimum atomic E-state index is -0.0596. The lowest BCUT2D eigenvalue weighted by atomic mass is 9.77. The molecule has 0 saturated heterocycles. The fraction of sp³-hybridized carbons (Fsp3) is 0.324. The quantitative estimate of drug-likeness (QED) is 0.450. The summed E-state index contributed by atoms with van der Waals surface area (Å²) in [6.45, 7) is 17.3. The van der Waals surface area contributed by atoms with Gasteiger partial charge in [0.1, 0.15) is 5.76 Å². The van der Waals surface area contributed by atoms with E-state index < -0.39 is 0 Å². The first-order valence-corrected chi connectivity index (χ1v) is 13.1. The Morgan fingerprint density at radius 3 is 2.19 bits per heavy atom. The number of aryl methyl sites for hydroxylation is 2. The molecular weight excluding hydrogens is 440 g/mol. The number of hydrogen-bond donors (Lipinski definition) is 1. The minimum absolute atomic E-state index is 0.0596. The van der Waals surface area contributed by atoms with Crippen molar-refractivity contribution in [1.82, 2.24) is 0 Å². The van der Waals surface area contributed by atoms with Gasteiger partial charge in [0.25, 0.3) is 0 Å². The third-order valence-corrected chi connectivity index (χ3v) is 8.06. The van der Waals surface area contributed by atoms with E-state index in [1.165, 1.54) is 16.7 Å². The molecular formula is C34H36O2. The number of Topliss-reactive ketones (excluding diaryl/α,β-unsaturated/α-hetero) is 1. The highest BCUT2D eigenvalue weighted by atomic mass is 16.3. The van der Waals surface area contributed by atoms with Gasteiger partial charge in [0.05, 0.1) is 11.1 Å². The standard InChI is InChI=1S/C34H36O2/c1-17(2)23-11-9-19(5)29-25(15-23)21(7)13-27(29)31-33(35)32(34(31)36)28-14-22(8)26-16-24(18(3)4)12-10-20(6)30(26)28/h9-19,35H,1-8H3/b31-27-. The Morgan fingerprint density at radius 2 is 1.56 bits per heavy atom.